The van der Waals surface area contributed by atoms with Crippen molar-refractivity contribution in [3.8, 4) is 0 Å². The molecule has 0 radical (unpaired) electrons. The average molecular weight is 289 g/mol. The molecule has 6 nitrogen and oxygen atoms in total. The van der Waals surface area contributed by atoms with Crippen molar-refractivity contribution in [2.24, 2.45) is 11.0 Å². The first-order valence-electron chi connectivity index (χ1n) is 7.19. The Labute approximate surface area is 125 Å². The summed E-state index contributed by atoms with van der Waals surface area (Å²) in [5.41, 5.74) is 9.89. The molecule has 1 aromatic heterocycles. The van der Waals surface area contributed by atoms with Gasteiger partial charge in [0.05, 0.1) is 12.6 Å². The maximum Gasteiger partial charge on any atom is 0.152 e. The van der Waals surface area contributed by atoms with Crippen LogP contribution in [0.2, 0.25) is 0 Å². The van der Waals surface area contributed by atoms with Crippen molar-refractivity contribution in [1.29, 1.82) is 0 Å². The fraction of sp³-hybridized carbons (Fsp3) is 0.600. The van der Waals surface area contributed by atoms with Crippen molar-refractivity contribution >= 4 is 5.78 Å². The molecule has 1 aromatic rings. The number of carbonyl (C=O) groups is 1. The number of hydrogen-bond donors (Lipinski definition) is 1. The molecular weight excluding hydrogens is 266 g/mol. The van der Waals surface area contributed by atoms with Gasteiger partial charge in [0.2, 0.25) is 0 Å². The number of azide groups is 1. The van der Waals surface area contributed by atoms with Crippen LogP contribution < -0.4 is 5.32 Å². The highest BCUT2D eigenvalue weighted by molar-refractivity contribution is 5.86. The number of carbonyl (C=O) groups excluding carboxylic acids is 1. The summed E-state index contributed by atoms with van der Waals surface area (Å²) in [6, 6.07) is 5.56. The number of rotatable bonds is 8. The quantitative estimate of drug-likeness (QED) is 0.453. The third kappa shape index (κ3) is 5.94. The second-order valence-corrected chi connectivity index (χ2v) is 5.64. The van der Waals surface area contributed by atoms with Gasteiger partial charge in [0.15, 0.2) is 5.78 Å². The van der Waals surface area contributed by atoms with E-state index in [1.54, 1.807) is 0 Å². The molecule has 0 aliphatic rings. The Hall–Kier alpha value is -1.91. The Bertz CT molecular complexity index is 521. The molecule has 0 fully saturated rings. The molecule has 0 bridgehead atoms. The van der Waals surface area contributed by atoms with E-state index in [1.807, 2.05) is 45.9 Å². The predicted octanol–water partition coefficient (Wildman–Crippen LogP) is 3.03. The zero-order chi connectivity index (χ0) is 15.8. The molecule has 1 atom stereocenters. The van der Waals surface area contributed by atoms with Crippen molar-refractivity contribution in [2.45, 2.75) is 52.7 Å². The van der Waals surface area contributed by atoms with E-state index >= 15 is 0 Å². The Kier molecular flexibility index (Phi) is 6.85. The van der Waals surface area contributed by atoms with Crippen LogP contribution in [0.4, 0.5) is 0 Å². The van der Waals surface area contributed by atoms with Crippen LogP contribution in [0.5, 0.6) is 0 Å². The van der Waals surface area contributed by atoms with Gasteiger partial charge in [-0.2, -0.15) is 0 Å². The number of nitrogens with one attached hydrogen (secondary N) is 1. The highest BCUT2D eigenvalue weighted by Crippen LogP contribution is 2.09. The van der Waals surface area contributed by atoms with E-state index in [0.29, 0.717) is 12.1 Å². The molecule has 1 rings (SSSR count). The molecule has 21 heavy (non-hydrogen) atoms. The van der Waals surface area contributed by atoms with Crippen molar-refractivity contribution < 1.29 is 4.79 Å². The third-order valence-electron chi connectivity index (χ3n) is 3.02. The number of hydrogen-bond acceptors (Lipinski definition) is 4. The largest absolute Gasteiger partial charge is 0.305 e. The number of ketones is 1. The van der Waals surface area contributed by atoms with Gasteiger partial charge in [-0.1, -0.05) is 38.9 Å². The minimum absolute atomic E-state index is 0.0207. The first kappa shape index (κ1) is 17.1. The molecule has 0 saturated heterocycles. The van der Waals surface area contributed by atoms with Crippen LogP contribution in [-0.4, -0.2) is 22.9 Å². The standard InChI is InChI=1S/C15H23N5O/c1-10(2)15(21)14(18-11(3)4)8-12-6-5-7-13(19-12)9-17-20-16/h5-7,10-11,14,18H,8-9H2,1-4H3/t14-/m0/s1. The molecule has 1 N–H and O–H groups in total. The van der Waals surface area contributed by atoms with Gasteiger partial charge >= 0.3 is 0 Å². The molecule has 0 saturated carbocycles. The van der Waals surface area contributed by atoms with Gasteiger partial charge in [-0.15, -0.1) is 0 Å². The van der Waals surface area contributed by atoms with Gasteiger partial charge in [-0.3, -0.25) is 9.78 Å². The SMILES string of the molecule is CC(C)N[C@@H](Cc1cccc(CN=[N+]=[N-])n1)C(=O)C(C)C. The third-order valence-corrected chi connectivity index (χ3v) is 3.02. The first-order valence-corrected chi connectivity index (χ1v) is 7.19. The summed E-state index contributed by atoms with van der Waals surface area (Å²) in [4.78, 5) is 19.5. The summed E-state index contributed by atoms with van der Waals surface area (Å²) in [6.45, 7) is 8.08. The molecule has 0 amide bonds. The van der Waals surface area contributed by atoms with Crippen molar-refractivity contribution in [3.63, 3.8) is 0 Å². The summed E-state index contributed by atoms with van der Waals surface area (Å²) in [7, 11) is 0. The molecule has 0 aliphatic heterocycles. The van der Waals surface area contributed by atoms with Gasteiger partial charge in [-0.25, -0.2) is 0 Å². The van der Waals surface area contributed by atoms with Crippen molar-refractivity contribution in [3.05, 3.63) is 40.0 Å². The van der Waals surface area contributed by atoms with E-state index in [0.717, 1.165) is 5.69 Å². The number of pyridine rings is 1. The number of Topliss-reactive ketones (excluding diaryl/α,β-unsaturated/α-hetero) is 1. The van der Waals surface area contributed by atoms with Crippen LogP contribution >= 0.6 is 0 Å². The molecular formula is C15H23N5O. The van der Waals surface area contributed by atoms with Gasteiger partial charge in [0.25, 0.3) is 0 Å². The van der Waals surface area contributed by atoms with Gasteiger partial charge in [-0.05, 0) is 17.7 Å². The molecule has 114 valence electrons. The predicted molar refractivity (Wildman–Crippen MR) is 82.7 cm³/mol. The monoisotopic (exact) mass is 289 g/mol. The van der Waals surface area contributed by atoms with E-state index < -0.39 is 0 Å². The van der Waals surface area contributed by atoms with Crippen LogP contribution in [0.1, 0.15) is 39.1 Å². The Balaban J connectivity index is 2.87. The lowest BCUT2D eigenvalue weighted by Crippen LogP contribution is -2.44. The van der Waals surface area contributed by atoms with E-state index in [-0.39, 0.29) is 30.3 Å². The Morgan fingerprint density at radius 1 is 1.33 bits per heavy atom. The van der Waals surface area contributed by atoms with Crippen LogP contribution in [0, 0.1) is 5.92 Å². The molecule has 0 aliphatic carbocycles. The van der Waals surface area contributed by atoms with Crippen LogP contribution in [0.15, 0.2) is 23.3 Å². The Morgan fingerprint density at radius 3 is 2.57 bits per heavy atom. The summed E-state index contributed by atoms with van der Waals surface area (Å²) in [6.07, 6.45) is 0.541. The minimum atomic E-state index is -0.243. The fourth-order valence-corrected chi connectivity index (χ4v) is 2.09. The van der Waals surface area contributed by atoms with E-state index in [2.05, 4.69) is 20.3 Å². The fourth-order valence-electron chi connectivity index (χ4n) is 2.09. The van der Waals surface area contributed by atoms with Gasteiger partial charge in [0, 0.05) is 34.7 Å². The summed E-state index contributed by atoms with van der Waals surface area (Å²) in [5.74, 6) is 0.165. The lowest BCUT2D eigenvalue weighted by Gasteiger charge is -2.21. The smallest absolute Gasteiger partial charge is 0.152 e. The second kappa shape index (κ2) is 8.39. The van der Waals surface area contributed by atoms with Crippen LogP contribution in [0.25, 0.3) is 10.4 Å². The highest BCUT2D eigenvalue weighted by atomic mass is 16.1. The molecule has 0 aromatic carbocycles. The first-order chi connectivity index (χ1) is 9.93. The topological polar surface area (TPSA) is 90.8 Å². The van der Waals surface area contributed by atoms with E-state index in [1.165, 1.54) is 0 Å². The van der Waals surface area contributed by atoms with Crippen LogP contribution in [-0.2, 0) is 17.8 Å². The minimum Gasteiger partial charge on any atom is -0.305 e. The summed E-state index contributed by atoms with van der Waals surface area (Å²) >= 11 is 0. The molecule has 0 spiro atoms. The number of nitrogens with zero attached hydrogens (tertiary/aromatic N) is 4. The maximum atomic E-state index is 12.3. The van der Waals surface area contributed by atoms with E-state index in [9.17, 15) is 4.79 Å². The lowest BCUT2D eigenvalue weighted by molar-refractivity contribution is -0.124. The lowest BCUT2D eigenvalue weighted by atomic mass is 9.97. The second-order valence-electron chi connectivity index (χ2n) is 5.64. The van der Waals surface area contributed by atoms with E-state index in [4.69, 9.17) is 5.53 Å². The summed E-state index contributed by atoms with van der Waals surface area (Å²) < 4.78 is 0. The zero-order valence-corrected chi connectivity index (χ0v) is 13.1. The molecule has 1 heterocycles. The zero-order valence-electron chi connectivity index (χ0n) is 13.1. The van der Waals surface area contributed by atoms with Crippen LogP contribution in [0.3, 0.4) is 0 Å². The number of aromatic nitrogens is 1. The Morgan fingerprint density at radius 2 is 2.00 bits per heavy atom. The van der Waals surface area contributed by atoms with Gasteiger partial charge < -0.3 is 5.32 Å². The molecule has 6 heteroatoms. The van der Waals surface area contributed by atoms with Gasteiger partial charge in [0.1, 0.15) is 0 Å². The molecule has 0 unspecified atom stereocenters. The van der Waals surface area contributed by atoms with Crippen molar-refractivity contribution in [2.75, 3.05) is 0 Å². The highest BCUT2D eigenvalue weighted by Gasteiger charge is 2.22. The average Bonchev–Trinajstić information content (AvgIpc) is 2.43. The summed E-state index contributed by atoms with van der Waals surface area (Å²) in [5, 5.41) is 6.81. The normalized spacial score (nSPS) is 12.3. The van der Waals surface area contributed by atoms with Crippen molar-refractivity contribution in [1.82, 2.24) is 10.3 Å². The maximum absolute atomic E-state index is 12.3.